The second-order valence-electron chi connectivity index (χ2n) is 6.88. The first-order valence-corrected chi connectivity index (χ1v) is 9.46. The summed E-state index contributed by atoms with van der Waals surface area (Å²) >= 11 is 0. The van der Waals surface area contributed by atoms with Gasteiger partial charge in [-0.25, -0.2) is 0 Å². The highest BCUT2D eigenvalue weighted by atomic mass is 15.2. The highest BCUT2D eigenvalue weighted by Crippen LogP contribution is 2.25. The van der Waals surface area contributed by atoms with Crippen LogP contribution in [0.4, 0.5) is 5.82 Å². The second-order valence-corrected chi connectivity index (χ2v) is 6.88. The maximum absolute atomic E-state index is 4.54. The summed E-state index contributed by atoms with van der Waals surface area (Å²) in [5.74, 6) is 0.891. The number of fused-ring (bicyclic) bond motifs is 1. The fourth-order valence-corrected chi connectivity index (χ4v) is 3.87. The molecule has 3 aromatic rings. The van der Waals surface area contributed by atoms with Gasteiger partial charge >= 0.3 is 0 Å². The van der Waals surface area contributed by atoms with Crippen LogP contribution in [0.3, 0.4) is 0 Å². The molecule has 1 N–H and O–H groups in total. The zero-order valence-electron chi connectivity index (χ0n) is 15.2. The number of likely N-dealkylation sites (N-methyl/N-ethyl adjacent to an activating group) is 1. The maximum Gasteiger partial charge on any atom is 0.156 e. The molecule has 1 unspecified atom stereocenters. The van der Waals surface area contributed by atoms with Gasteiger partial charge in [0.15, 0.2) is 5.82 Å². The first-order valence-electron chi connectivity index (χ1n) is 9.46. The van der Waals surface area contributed by atoms with Gasteiger partial charge in [-0.3, -0.25) is 9.88 Å². The number of hydrogen-bond acceptors (Lipinski definition) is 5. The van der Waals surface area contributed by atoms with Crippen LogP contribution in [0.2, 0.25) is 0 Å². The summed E-state index contributed by atoms with van der Waals surface area (Å²) in [6.07, 6.45) is 6.95. The number of likely N-dealkylation sites (tertiary alicyclic amines) is 1. The van der Waals surface area contributed by atoms with Crippen molar-refractivity contribution in [3.05, 3.63) is 60.0 Å². The fraction of sp³-hybridized carbons (Fsp3) is 0.381. The Balaban J connectivity index is 1.58. The molecule has 4 rings (SSSR count). The van der Waals surface area contributed by atoms with Gasteiger partial charge < -0.3 is 5.32 Å². The van der Waals surface area contributed by atoms with E-state index in [-0.39, 0.29) is 0 Å². The van der Waals surface area contributed by atoms with E-state index in [4.69, 9.17) is 0 Å². The van der Waals surface area contributed by atoms with Gasteiger partial charge in [0.2, 0.25) is 0 Å². The molecule has 0 aliphatic carbocycles. The second kappa shape index (κ2) is 7.79. The molecule has 1 aliphatic rings. The Hall–Kier alpha value is -2.53. The molecule has 1 aliphatic heterocycles. The van der Waals surface area contributed by atoms with Crippen LogP contribution in [0.1, 0.15) is 31.0 Å². The lowest BCUT2D eigenvalue weighted by atomic mass is 10.0. The number of nitrogens with one attached hydrogen (secondary N) is 1. The van der Waals surface area contributed by atoms with Crippen molar-refractivity contribution in [2.75, 3.05) is 25.0 Å². The van der Waals surface area contributed by atoms with Crippen LogP contribution in [-0.2, 0) is 6.42 Å². The summed E-state index contributed by atoms with van der Waals surface area (Å²) in [5.41, 5.74) is 2.21. The third-order valence-corrected chi connectivity index (χ3v) is 5.30. The van der Waals surface area contributed by atoms with Gasteiger partial charge in [-0.2, -0.15) is 5.10 Å². The number of anilines is 1. The van der Waals surface area contributed by atoms with E-state index in [2.05, 4.69) is 56.6 Å². The number of benzene rings is 1. The molecule has 1 fully saturated rings. The van der Waals surface area contributed by atoms with E-state index in [0.717, 1.165) is 36.4 Å². The van der Waals surface area contributed by atoms with Crippen LogP contribution in [-0.4, -0.2) is 45.8 Å². The van der Waals surface area contributed by atoms with Gasteiger partial charge in [0, 0.05) is 42.2 Å². The molecular formula is C21H25N5. The average molecular weight is 347 g/mol. The molecular weight excluding hydrogens is 322 g/mol. The number of nitrogens with zero attached hydrogens (tertiary/aromatic N) is 4. The van der Waals surface area contributed by atoms with Crippen LogP contribution >= 0.6 is 0 Å². The summed E-state index contributed by atoms with van der Waals surface area (Å²) in [6.45, 7) is 5.49. The Morgan fingerprint density at radius 3 is 2.69 bits per heavy atom. The van der Waals surface area contributed by atoms with Crippen molar-refractivity contribution in [3.8, 4) is 0 Å². The first kappa shape index (κ1) is 16.9. The van der Waals surface area contributed by atoms with Gasteiger partial charge in [-0.1, -0.05) is 31.2 Å². The maximum atomic E-state index is 4.54. The lowest BCUT2D eigenvalue weighted by Gasteiger charge is -2.23. The molecule has 26 heavy (non-hydrogen) atoms. The van der Waals surface area contributed by atoms with E-state index in [1.54, 1.807) is 0 Å². The number of rotatable bonds is 6. The monoisotopic (exact) mass is 347 g/mol. The number of aromatic nitrogens is 3. The van der Waals surface area contributed by atoms with E-state index < -0.39 is 0 Å². The van der Waals surface area contributed by atoms with E-state index in [9.17, 15) is 0 Å². The largest absolute Gasteiger partial charge is 0.366 e. The van der Waals surface area contributed by atoms with Crippen LogP contribution in [0.15, 0.2) is 48.8 Å². The molecule has 0 spiro atoms. The smallest absolute Gasteiger partial charge is 0.156 e. The minimum atomic E-state index is 0.594. The van der Waals surface area contributed by atoms with Gasteiger partial charge in [0.1, 0.15) is 0 Å². The third kappa shape index (κ3) is 3.53. The Labute approximate surface area is 154 Å². The lowest BCUT2D eigenvalue weighted by molar-refractivity contribution is 0.277. The van der Waals surface area contributed by atoms with Crippen molar-refractivity contribution in [1.82, 2.24) is 20.1 Å². The molecule has 5 nitrogen and oxygen atoms in total. The summed E-state index contributed by atoms with van der Waals surface area (Å²) in [5, 5.41) is 14.9. The quantitative estimate of drug-likeness (QED) is 0.739. The minimum absolute atomic E-state index is 0.594. The molecule has 0 amide bonds. The Kier molecular flexibility index (Phi) is 5.07. The number of pyridine rings is 1. The molecule has 2 aromatic heterocycles. The van der Waals surface area contributed by atoms with Crippen LogP contribution in [0.25, 0.3) is 10.8 Å². The standard InChI is InChI=1S/C21H25N5/c1-2-26-13-5-6-17(26)15-23-21-19-8-4-3-7-18(19)20(24-25-21)14-16-9-11-22-12-10-16/h3-4,7-12,17H,2,5-6,13-15H2,1H3,(H,23,25). The van der Waals surface area contributed by atoms with Crippen molar-refractivity contribution in [2.24, 2.45) is 0 Å². The van der Waals surface area contributed by atoms with Crippen molar-refractivity contribution in [2.45, 2.75) is 32.2 Å². The summed E-state index contributed by atoms with van der Waals surface area (Å²) in [7, 11) is 0. The highest BCUT2D eigenvalue weighted by Gasteiger charge is 2.23. The lowest BCUT2D eigenvalue weighted by Crippen LogP contribution is -2.34. The molecule has 0 saturated carbocycles. The summed E-state index contributed by atoms with van der Waals surface area (Å²) < 4.78 is 0. The first-order chi connectivity index (χ1) is 12.8. The van der Waals surface area contributed by atoms with Crippen LogP contribution in [0.5, 0.6) is 0 Å². The van der Waals surface area contributed by atoms with Crippen molar-refractivity contribution < 1.29 is 0 Å². The summed E-state index contributed by atoms with van der Waals surface area (Å²) in [4.78, 5) is 6.63. The molecule has 134 valence electrons. The minimum Gasteiger partial charge on any atom is -0.366 e. The van der Waals surface area contributed by atoms with Crippen molar-refractivity contribution in [3.63, 3.8) is 0 Å². The molecule has 3 heterocycles. The fourth-order valence-electron chi connectivity index (χ4n) is 3.87. The molecule has 1 atom stereocenters. The predicted molar refractivity (Wildman–Crippen MR) is 105 cm³/mol. The zero-order chi connectivity index (χ0) is 17.8. The van der Waals surface area contributed by atoms with Crippen molar-refractivity contribution in [1.29, 1.82) is 0 Å². The highest BCUT2D eigenvalue weighted by molar-refractivity contribution is 5.93. The van der Waals surface area contributed by atoms with Gasteiger partial charge in [-0.05, 0) is 43.6 Å². The van der Waals surface area contributed by atoms with E-state index in [1.807, 2.05) is 24.5 Å². The summed E-state index contributed by atoms with van der Waals surface area (Å²) in [6, 6.07) is 13.1. The van der Waals surface area contributed by atoms with E-state index in [1.165, 1.54) is 30.3 Å². The Bertz CT molecular complexity index is 865. The third-order valence-electron chi connectivity index (χ3n) is 5.30. The molecule has 0 radical (unpaired) electrons. The van der Waals surface area contributed by atoms with Crippen molar-refractivity contribution >= 4 is 16.6 Å². The van der Waals surface area contributed by atoms with Crippen LogP contribution < -0.4 is 5.32 Å². The van der Waals surface area contributed by atoms with Crippen LogP contribution in [0, 0.1) is 0 Å². The predicted octanol–water partition coefficient (Wildman–Crippen LogP) is 3.51. The Morgan fingerprint density at radius 2 is 1.88 bits per heavy atom. The van der Waals surface area contributed by atoms with E-state index >= 15 is 0 Å². The zero-order valence-corrected chi connectivity index (χ0v) is 15.2. The Morgan fingerprint density at radius 1 is 1.08 bits per heavy atom. The molecule has 1 aromatic carbocycles. The number of hydrogen-bond donors (Lipinski definition) is 1. The SMILES string of the molecule is CCN1CCCC1CNc1nnc(Cc2ccncc2)c2ccccc12. The van der Waals surface area contributed by atoms with Gasteiger partial charge in [0.25, 0.3) is 0 Å². The van der Waals surface area contributed by atoms with E-state index in [0.29, 0.717) is 6.04 Å². The normalized spacial score (nSPS) is 17.7. The van der Waals surface area contributed by atoms with Gasteiger partial charge in [0.05, 0.1) is 5.69 Å². The topological polar surface area (TPSA) is 53.9 Å². The molecule has 1 saturated heterocycles. The molecule has 0 bridgehead atoms. The molecule has 5 heteroatoms. The van der Waals surface area contributed by atoms with Gasteiger partial charge in [-0.15, -0.1) is 5.10 Å². The average Bonchev–Trinajstić information content (AvgIpc) is 3.16.